The van der Waals surface area contributed by atoms with E-state index in [-0.39, 0.29) is 11.3 Å². The lowest BCUT2D eigenvalue weighted by Gasteiger charge is -2.09. The van der Waals surface area contributed by atoms with Crippen LogP contribution in [0.2, 0.25) is 0 Å². The van der Waals surface area contributed by atoms with Crippen LogP contribution in [0.1, 0.15) is 15.9 Å². The molecular weight excluding hydrogens is 252 g/mol. The highest BCUT2D eigenvalue weighted by Gasteiger charge is 2.13. The second-order valence-corrected chi connectivity index (χ2v) is 4.08. The maximum absolute atomic E-state index is 13.4. The molecule has 3 nitrogen and oxygen atoms in total. The Morgan fingerprint density at radius 2 is 1.89 bits per heavy atom. The minimum atomic E-state index is -0.922. The van der Waals surface area contributed by atoms with Gasteiger partial charge in [-0.2, -0.15) is 0 Å². The van der Waals surface area contributed by atoms with Gasteiger partial charge in [-0.15, -0.1) is 0 Å². The number of phenols is 1. The van der Waals surface area contributed by atoms with Crippen molar-refractivity contribution in [2.75, 3.05) is 5.32 Å². The number of nitrogens with one attached hydrogen (secondary N) is 1. The third kappa shape index (κ3) is 2.88. The first-order valence-electron chi connectivity index (χ1n) is 5.53. The molecule has 5 heteroatoms. The Hall–Kier alpha value is -2.43. The maximum Gasteiger partial charge on any atom is 0.258 e. The summed E-state index contributed by atoms with van der Waals surface area (Å²) in [6, 6.07) is 7.13. The highest BCUT2D eigenvalue weighted by molar-refractivity contribution is 6.04. The highest BCUT2D eigenvalue weighted by Crippen LogP contribution is 2.21. The Labute approximate surface area is 108 Å². The number of aromatic hydroxyl groups is 1. The Balaban J connectivity index is 2.25. The van der Waals surface area contributed by atoms with Crippen LogP contribution in [0.3, 0.4) is 0 Å². The smallest absolute Gasteiger partial charge is 0.258 e. The molecule has 98 valence electrons. The SMILES string of the molecule is Cc1cc(O)ccc1NC(=O)c1ccc(F)cc1F. The Morgan fingerprint density at radius 1 is 1.16 bits per heavy atom. The topological polar surface area (TPSA) is 49.3 Å². The van der Waals surface area contributed by atoms with Gasteiger partial charge >= 0.3 is 0 Å². The molecular formula is C14H11F2NO2. The maximum atomic E-state index is 13.4. The van der Waals surface area contributed by atoms with Gasteiger partial charge in [0.2, 0.25) is 0 Å². The second kappa shape index (κ2) is 5.06. The summed E-state index contributed by atoms with van der Waals surface area (Å²) in [4.78, 5) is 11.8. The monoisotopic (exact) mass is 263 g/mol. The van der Waals surface area contributed by atoms with Crippen LogP contribution in [-0.4, -0.2) is 11.0 Å². The summed E-state index contributed by atoms with van der Waals surface area (Å²) < 4.78 is 26.2. The van der Waals surface area contributed by atoms with Gasteiger partial charge < -0.3 is 10.4 Å². The largest absolute Gasteiger partial charge is 0.508 e. The van der Waals surface area contributed by atoms with Crippen molar-refractivity contribution in [3.8, 4) is 5.75 Å². The molecule has 2 N–H and O–H groups in total. The van der Waals surface area contributed by atoms with Crippen molar-refractivity contribution >= 4 is 11.6 Å². The van der Waals surface area contributed by atoms with Crippen molar-refractivity contribution in [3.05, 3.63) is 59.2 Å². The van der Waals surface area contributed by atoms with Crippen LogP contribution in [-0.2, 0) is 0 Å². The van der Waals surface area contributed by atoms with E-state index in [1.807, 2.05) is 0 Å². The number of rotatable bonds is 2. The second-order valence-electron chi connectivity index (χ2n) is 4.08. The van der Waals surface area contributed by atoms with Gasteiger partial charge in [0.05, 0.1) is 5.56 Å². The van der Waals surface area contributed by atoms with E-state index in [9.17, 15) is 18.7 Å². The van der Waals surface area contributed by atoms with Gasteiger partial charge in [-0.25, -0.2) is 8.78 Å². The molecule has 2 aromatic carbocycles. The van der Waals surface area contributed by atoms with Gasteiger partial charge in [-0.05, 0) is 42.8 Å². The van der Waals surface area contributed by atoms with Crippen molar-refractivity contribution in [2.24, 2.45) is 0 Å². The number of halogens is 2. The van der Waals surface area contributed by atoms with Crippen LogP contribution in [0.5, 0.6) is 5.75 Å². The van der Waals surface area contributed by atoms with Crippen LogP contribution in [0.15, 0.2) is 36.4 Å². The average Bonchev–Trinajstić information content (AvgIpc) is 2.32. The summed E-state index contributed by atoms with van der Waals surface area (Å²) in [7, 11) is 0. The molecule has 0 aliphatic rings. The number of carbonyl (C=O) groups excluding carboxylic acids is 1. The van der Waals surface area contributed by atoms with Crippen molar-refractivity contribution in [3.63, 3.8) is 0 Å². The van der Waals surface area contributed by atoms with Crippen molar-refractivity contribution in [1.29, 1.82) is 0 Å². The van der Waals surface area contributed by atoms with Gasteiger partial charge in [0.1, 0.15) is 17.4 Å². The van der Waals surface area contributed by atoms with E-state index in [2.05, 4.69) is 5.32 Å². The number of hydrogen-bond acceptors (Lipinski definition) is 2. The predicted molar refractivity (Wildman–Crippen MR) is 67.2 cm³/mol. The number of benzene rings is 2. The van der Waals surface area contributed by atoms with E-state index in [1.165, 1.54) is 18.2 Å². The van der Waals surface area contributed by atoms with Crippen LogP contribution >= 0.6 is 0 Å². The van der Waals surface area contributed by atoms with Gasteiger partial charge in [0, 0.05) is 11.8 Å². The molecule has 0 radical (unpaired) electrons. The first-order chi connectivity index (χ1) is 8.97. The van der Waals surface area contributed by atoms with E-state index in [0.29, 0.717) is 17.3 Å². The molecule has 0 bridgehead atoms. The Morgan fingerprint density at radius 3 is 2.53 bits per heavy atom. The number of anilines is 1. The molecule has 0 saturated carbocycles. The molecule has 2 aromatic rings. The lowest BCUT2D eigenvalue weighted by Crippen LogP contribution is -2.14. The number of aryl methyl sites for hydroxylation is 1. The third-order valence-electron chi connectivity index (χ3n) is 2.63. The lowest BCUT2D eigenvalue weighted by atomic mass is 10.1. The zero-order valence-electron chi connectivity index (χ0n) is 10.1. The Kier molecular flexibility index (Phi) is 3.46. The minimum Gasteiger partial charge on any atom is -0.508 e. The zero-order chi connectivity index (χ0) is 14.0. The molecule has 0 spiro atoms. The van der Waals surface area contributed by atoms with E-state index >= 15 is 0 Å². The summed E-state index contributed by atoms with van der Waals surface area (Å²) in [5.41, 5.74) is 0.844. The molecule has 0 aliphatic carbocycles. The van der Waals surface area contributed by atoms with Crippen molar-refractivity contribution in [2.45, 2.75) is 6.92 Å². The first-order valence-corrected chi connectivity index (χ1v) is 5.53. The van der Waals surface area contributed by atoms with Gasteiger partial charge in [0.15, 0.2) is 0 Å². The molecule has 2 rings (SSSR count). The van der Waals surface area contributed by atoms with Gasteiger partial charge in [0.25, 0.3) is 5.91 Å². The Bertz CT molecular complexity index is 641. The number of phenolic OH excluding ortho intramolecular Hbond substituents is 1. The molecule has 0 heterocycles. The summed E-state index contributed by atoms with van der Waals surface area (Å²) >= 11 is 0. The molecule has 1 amide bonds. The number of amides is 1. The summed E-state index contributed by atoms with van der Waals surface area (Å²) in [5.74, 6) is -2.27. The number of hydrogen-bond donors (Lipinski definition) is 2. The molecule has 0 aliphatic heterocycles. The molecule has 0 atom stereocenters. The van der Waals surface area contributed by atoms with E-state index in [0.717, 1.165) is 12.1 Å². The van der Waals surface area contributed by atoms with Crippen LogP contribution in [0.25, 0.3) is 0 Å². The summed E-state index contributed by atoms with van der Waals surface area (Å²) in [5, 5.41) is 11.8. The highest BCUT2D eigenvalue weighted by atomic mass is 19.1. The predicted octanol–water partition coefficient (Wildman–Crippen LogP) is 3.23. The van der Waals surface area contributed by atoms with Crippen LogP contribution in [0.4, 0.5) is 14.5 Å². The van der Waals surface area contributed by atoms with E-state index in [1.54, 1.807) is 6.92 Å². The fraction of sp³-hybridized carbons (Fsp3) is 0.0714. The molecule has 0 unspecified atom stereocenters. The van der Waals surface area contributed by atoms with E-state index in [4.69, 9.17) is 0 Å². The summed E-state index contributed by atoms with van der Waals surface area (Å²) in [6.45, 7) is 1.69. The zero-order valence-corrected chi connectivity index (χ0v) is 10.1. The third-order valence-corrected chi connectivity index (χ3v) is 2.63. The first kappa shape index (κ1) is 13.0. The lowest BCUT2D eigenvalue weighted by molar-refractivity contribution is 0.102. The summed E-state index contributed by atoms with van der Waals surface area (Å²) in [6.07, 6.45) is 0. The van der Waals surface area contributed by atoms with Crippen molar-refractivity contribution < 1.29 is 18.7 Å². The standard InChI is InChI=1S/C14H11F2NO2/c1-8-6-10(18)3-5-13(8)17-14(19)11-4-2-9(15)7-12(11)16/h2-7,18H,1H3,(H,17,19). The molecule has 19 heavy (non-hydrogen) atoms. The van der Waals surface area contributed by atoms with E-state index < -0.39 is 17.5 Å². The van der Waals surface area contributed by atoms with Crippen LogP contribution < -0.4 is 5.32 Å². The fourth-order valence-electron chi connectivity index (χ4n) is 1.65. The fourth-order valence-corrected chi connectivity index (χ4v) is 1.65. The minimum absolute atomic E-state index is 0.0726. The van der Waals surface area contributed by atoms with Gasteiger partial charge in [-0.3, -0.25) is 4.79 Å². The number of carbonyl (C=O) groups is 1. The van der Waals surface area contributed by atoms with Crippen LogP contribution in [0, 0.1) is 18.6 Å². The molecule has 0 aromatic heterocycles. The normalized spacial score (nSPS) is 10.3. The van der Waals surface area contributed by atoms with Crippen molar-refractivity contribution in [1.82, 2.24) is 0 Å². The van der Waals surface area contributed by atoms with Gasteiger partial charge in [-0.1, -0.05) is 0 Å². The quantitative estimate of drug-likeness (QED) is 0.817. The molecule has 0 fully saturated rings. The molecule has 0 saturated heterocycles. The average molecular weight is 263 g/mol.